The van der Waals surface area contributed by atoms with Gasteiger partial charge in [-0.15, -0.1) is 0 Å². The van der Waals surface area contributed by atoms with E-state index in [4.69, 9.17) is 0 Å². The van der Waals surface area contributed by atoms with Crippen LogP contribution in [0.15, 0.2) is 59.1 Å². The van der Waals surface area contributed by atoms with Crippen LogP contribution in [0.3, 0.4) is 0 Å². The van der Waals surface area contributed by atoms with Gasteiger partial charge in [0.25, 0.3) is 0 Å². The Morgan fingerprint density at radius 3 is 2.32 bits per heavy atom. The maximum atomic E-state index is 13.9. The Hall–Kier alpha value is -2.67. The summed E-state index contributed by atoms with van der Waals surface area (Å²) in [5, 5.41) is 4.38. The number of pyridine rings is 1. The van der Waals surface area contributed by atoms with E-state index in [2.05, 4.69) is 26.0 Å². The molecule has 0 fully saturated rings. The smallest absolute Gasteiger partial charge is 0.228 e. The lowest BCUT2D eigenvalue weighted by Gasteiger charge is -2.12. The van der Waals surface area contributed by atoms with E-state index in [9.17, 15) is 13.2 Å². The van der Waals surface area contributed by atoms with Crippen LogP contribution in [0.25, 0.3) is 28.0 Å². The number of aromatic nitrogens is 3. The van der Waals surface area contributed by atoms with Gasteiger partial charge in [-0.1, -0.05) is 45.8 Å². The molecule has 0 radical (unpaired) electrons. The van der Waals surface area contributed by atoms with Crippen molar-refractivity contribution in [3.63, 3.8) is 0 Å². The van der Waals surface area contributed by atoms with Crippen molar-refractivity contribution < 1.29 is 13.2 Å². The summed E-state index contributed by atoms with van der Waals surface area (Å²) < 4.78 is 43.8. The normalized spacial score (nSPS) is 11.9. The number of benzene rings is 2. The predicted octanol–water partition coefficient (Wildman–Crippen LogP) is 6.49. The average molecular weight is 446 g/mol. The summed E-state index contributed by atoms with van der Waals surface area (Å²) in [6, 6.07) is 15.6. The van der Waals surface area contributed by atoms with Gasteiger partial charge in [-0.25, -0.2) is 9.67 Å². The molecule has 0 N–H and O–H groups in total. The Bertz CT molecular complexity index is 1180. The zero-order valence-corrected chi connectivity index (χ0v) is 16.6. The van der Waals surface area contributed by atoms with Gasteiger partial charge in [0.2, 0.25) is 0 Å². The van der Waals surface area contributed by atoms with Gasteiger partial charge in [0.15, 0.2) is 5.65 Å². The molecule has 142 valence electrons. The lowest BCUT2D eigenvalue weighted by molar-refractivity contribution is -0.136. The molecule has 0 bridgehead atoms. The SMILES string of the molecule is Cc1ccc(-n2nc(C)c3c(C(F)(F)F)cc(-c4cccc(Br)c4)nc32)cc1. The molecular weight excluding hydrogens is 431 g/mol. The molecule has 0 saturated heterocycles. The molecule has 0 aliphatic carbocycles. The van der Waals surface area contributed by atoms with Gasteiger partial charge in [0.05, 0.1) is 28.0 Å². The van der Waals surface area contributed by atoms with Crippen molar-refractivity contribution in [2.45, 2.75) is 20.0 Å². The van der Waals surface area contributed by atoms with Crippen molar-refractivity contribution in [1.29, 1.82) is 0 Å². The average Bonchev–Trinajstić information content (AvgIpc) is 2.97. The molecule has 0 atom stereocenters. The number of hydrogen-bond donors (Lipinski definition) is 0. The van der Waals surface area contributed by atoms with Crippen LogP contribution in [0.4, 0.5) is 13.2 Å². The molecule has 4 aromatic rings. The lowest BCUT2D eigenvalue weighted by atomic mass is 10.1. The minimum Gasteiger partial charge on any atom is -0.228 e. The zero-order chi connectivity index (χ0) is 20.1. The van der Waals surface area contributed by atoms with Crippen LogP contribution >= 0.6 is 15.9 Å². The van der Waals surface area contributed by atoms with E-state index in [1.165, 1.54) is 4.68 Å². The van der Waals surface area contributed by atoms with Crippen molar-refractivity contribution in [2.75, 3.05) is 0 Å². The highest BCUT2D eigenvalue weighted by Crippen LogP contribution is 2.38. The molecule has 7 heteroatoms. The first-order valence-electron chi connectivity index (χ1n) is 8.54. The molecule has 0 aliphatic heterocycles. The molecule has 4 rings (SSSR count). The van der Waals surface area contributed by atoms with Gasteiger partial charge in [-0.3, -0.25) is 0 Å². The second kappa shape index (κ2) is 6.74. The second-order valence-electron chi connectivity index (χ2n) is 6.59. The largest absolute Gasteiger partial charge is 0.417 e. The van der Waals surface area contributed by atoms with Crippen molar-refractivity contribution >= 4 is 27.0 Å². The highest BCUT2D eigenvalue weighted by Gasteiger charge is 2.35. The first-order valence-corrected chi connectivity index (χ1v) is 9.34. The van der Waals surface area contributed by atoms with Gasteiger partial charge in [0.1, 0.15) is 0 Å². The maximum Gasteiger partial charge on any atom is 0.417 e. The molecule has 2 aromatic carbocycles. The van der Waals surface area contributed by atoms with E-state index < -0.39 is 11.7 Å². The van der Waals surface area contributed by atoms with Crippen LogP contribution in [0.1, 0.15) is 16.8 Å². The number of halogens is 4. The monoisotopic (exact) mass is 445 g/mol. The number of aryl methyl sites for hydroxylation is 2. The predicted molar refractivity (Wildman–Crippen MR) is 106 cm³/mol. The van der Waals surface area contributed by atoms with E-state index in [0.717, 1.165) is 16.1 Å². The lowest BCUT2D eigenvalue weighted by Crippen LogP contribution is -2.08. The standard InChI is InChI=1S/C21H15BrF3N3/c1-12-6-8-16(9-7-12)28-20-19(13(2)27-28)17(21(23,24)25)11-18(26-20)14-4-3-5-15(22)10-14/h3-11H,1-2H3. The minimum atomic E-state index is -4.52. The number of alkyl halides is 3. The quantitative estimate of drug-likeness (QED) is 0.353. The summed E-state index contributed by atoms with van der Waals surface area (Å²) in [6.45, 7) is 3.52. The molecule has 2 aromatic heterocycles. The van der Waals surface area contributed by atoms with Crippen LogP contribution in [0.5, 0.6) is 0 Å². The Labute approximate surface area is 168 Å². The van der Waals surface area contributed by atoms with Crippen molar-refractivity contribution in [3.8, 4) is 16.9 Å². The summed E-state index contributed by atoms with van der Waals surface area (Å²) in [5.41, 5.74) is 2.29. The van der Waals surface area contributed by atoms with Crippen LogP contribution < -0.4 is 0 Å². The van der Waals surface area contributed by atoms with Gasteiger partial charge in [-0.2, -0.15) is 18.3 Å². The van der Waals surface area contributed by atoms with Gasteiger partial charge in [0, 0.05) is 10.0 Å². The summed E-state index contributed by atoms with van der Waals surface area (Å²) in [5.74, 6) is 0. The Kier molecular flexibility index (Phi) is 4.50. The fourth-order valence-electron chi connectivity index (χ4n) is 3.17. The van der Waals surface area contributed by atoms with Crippen LogP contribution in [0.2, 0.25) is 0 Å². The molecule has 0 unspecified atom stereocenters. The third kappa shape index (κ3) is 3.30. The summed E-state index contributed by atoms with van der Waals surface area (Å²) in [4.78, 5) is 4.56. The summed E-state index contributed by atoms with van der Waals surface area (Å²) in [6.07, 6.45) is -4.52. The number of rotatable bonds is 2. The molecular formula is C21H15BrF3N3. The molecule has 0 saturated carbocycles. The van der Waals surface area contributed by atoms with E-state index in [1.54, 1.807) is 25.1 Å². The van der Waals surface area contributed by atoms with Crippen LogP contribution in [0, 0.1) is 13.8 Å². The highest BCUT2D eigenvalue weighted by molar-refractivity contribution is 9.10. The zero-order valence-electron chi connectivity index (χ0n) is 15.0. The van der Waals surface area contributed by atoms with Gasteiger partial charge in [-0.05, 0) is 44.2 Å². The first kappa shape index (κ1) is 18.7. The Morgan fingerprint density at radius 1 is 0.964 bits per heavy atom. The maximum absolute atomic E-state index is 13.9. The number of nitrogens with zero attached hydrogens (tertiary/aromatic N) is 3. The Balaban J connectivity index is 2.06. The molecule has 0 aliphatic rings. The topological polar surface area (TPSA) is 30.7 Å². The highest BCUT2D eigenvalue weighted by atomic mass is 79.9. The third-order valence-electron chi connectivity index (χ3n) is 4.52. The number of hydrogen-bond acceptors (Lipinski definition) is 2. The van der Waals surface area contributed by atoms with Crippen molar-refractivity contribution in [1.82, 2.24) is 14.8 Å². The van der Waals surface area contributed by atoms with E-state index in [-0.39, 0.29) is 22.4 Å². The fraction of sp³-hybridized carbons (Fsp3) is 0.143. The van der Waals surface area contributed by atoms with E-state index >= 15 is 0 Å². The van der Waals surface area contributed by atoms with Gasteiger partial charge < -0.3 is 0 Å². The number of fused-ring (bicyclic) bond motifs is 1. The summed E-state index contributed by atoms with van der Waals surface area (Å²) in [7, 11) is 0. The molecule has 28 heavy (non-hydrogen) atoms. The Morgan fingerprint density at radius 2 is 1.68 bits per heavy atom. The van der Waals surface area contributed by atoms with E-state index in [1.807, 2.05) is 37.3 Å². The molecule has 0 amide bonds. The third-order valence-corrected chi connectivity index (χ3v) is 5.01. The second-order valence-corrected chi connectivity index (χ2v) is 7.51. The van der Waals surface area contributed by atoms with Gasteiger partial charge >= 0.3 is 6.18 Å². The summed E-state index contributed by atoms with van der Waals surface area (Å²) >= 11 is 3.36. The first-order chi connectivity index (χ1) is 13.2. The minimum absolute atomic E-state index is 0.0202. The fourth-order valence-corrected chi connectivity index (χ4v) is 3.57. The molecule has 0 spiro atoms. The van der Waals surface area contributed by atoms with Crippen molar-refractivity contribution in [3.05, 3.63) is 75.9 Å². The molecule has 2 heterocycles. The van der Waals surface area contributed by atoms with E-state index in [0.29, 0.717) is 11.3 Å². The molecule has 3 nitrogen and oxygen atoms in total. The van der Waals surface area contributed by atoms with Crippen molar-refractivity contribution in [2.24, 2.45) is 0 Å². The van der Waals surface area contributed by atoms with Crippen LogP contribution in [-0.4, -0.2) is 14.8 Å². The van der Waals surface area contributed by atoms with Crippen LogP contribution in [-0.2, 0) is 6.18 Å².